The predicted octanol–water partition coefficient (Wildman–Crippen LogP) is 4.74. The molecule has 1 heteroatoms. The van der Waals surface area contributed by atoms with E-state index in [-0.39, 0.29) is 0 Å². The Hall–Kier alpha value is -0.330. The van der Waals surface area contributed by atoms with Gasteiger partial charge in [0.15, 0.2) is 0 Å². The lowest BCUT2D eigenvalue weighted by Crippen LogP contribution is -2.04. The van der Waals surface area contributed by atoms with Crippen molar-refractivity contribution in [3.05, 3.63) is 0 Å². The third-order valence-electron chi connectivity index (χ3n) is 3.12. The van der Waals surface area contributed by atoms with Gasteiger partial charge in [0.25, 0.3) is 0 Å². The van der Waals surface area contributed by atoms with Gasteiger partial charge < -0.3 is 4.79 Å². The van der Waals surface area contributed by atoms with E-state index in [4.69, 9.17) is 0 Å². The first-order valence-electron chi connectivity index (χ1n) is 6.70. The van der Waals surface area contributed by atoms with Crippen LogP contribution >= 0.6 is 0 Å². The molecule has 0 aromatic rings. The van der Waals surface area contributed by atoms with E-state index in [1.54, 1.807) is 6.92 Å². The van der Waals surface area contributed by atoms with Crippen LogP contribution in [0.1, 0.15) is 78.6 Å². The van der Waals surface area contributed by atoms with Gasteiger partial charge in [-0.2, -0.15) is 0 Å². The van der Waals surface area contributed by atoms with E-state index in [0.717, 1.165) is 12.8 Å². The highest BCUT2D eigenvalue weighted by atomic mass is 16.1. The summed E-state index contributed by atoms with van der Waals surface area (Å²) in [5, 5.41) is 0. The van der Waals surface area contributed by atoms with Crippen LogP contribution in [0.15, 0.2) is 0 Å². The van der Waals surface area contributed by atoms with E-state index >= 15 is 0 Å². The molecule has 1 atom stereocenters. The van der Waals surface area contributed by atoms with E-state index in [0.29, 0.717) is 11.7 Å². The molecule has 0 rings (SSSR count). The van der Waals surface area contributed by atoms with Gasteiger partial charge in [0.05, 0.1) is 0 Å². The van der Waals surface area contributed by atoms with Crippen LogP contribution in [0, 0.1) is 5.92 Å². The van der Waals surface area contributed by atoms with Crippen LogP contribution in [0.5, 0.6) is 0 Å². The minimum atomic E-state index is 0.354. The summed E-state index contributed by atoms with van der Waals surface area (Å²) in [4.78, 5) is 11.0. The minimum Gasteiger partial charge on any atom is -0.300 e. The predicted molar refractivity (Wildman–Crippen MR) is 67.1 cm³/mol. The van der Waals surface area contributed by atoms with Crippen molar-refractivity contribution in [3.8, 4) is 0 Å². The molecule has 0 aliphatic rings. The van der Waals surface area contributed by atoms with Gasteiger partial charge in [-0.05, 0) is 12.8 Å². The first kappa shape index (κ1) is 14.7. The molecule has 0 aromatic carbocycles. The van der Waals surface area contributed by atoms with Gasteiger partial charge in [-0.15, -0.1) is 0 Å². The summed E-state index contributed by atoms with van der Waals surface area (Å²) in [6.45, 7) is 6.16. The normalized spacial score (nSPS) is 12.7. The van der Waals surface area contributed by atoms with Crippen LogP contribution in [0.4, 0.5) is 0 Å². The zero-order chi connectivity index (χ0) is 11.5. The molecule has 0 spiro atoms. The molecule has 0 heterocycles. The van der Waals surface area contributed by atoms with E-state index < -0.39 is 0 Å². The molecule has 0 saturated carbocycles. The molecule has 0 fully saturated rings. The summed E-state index contributed by atoms with van der Waals surface area (Å²) in [6.07, 6.45) is 11.4. The van der Waals surface area contributed by atoms with Crippen LogP contribution in [0.3, 0.4) is 0 Å². The largest absolute Gasteiger partial charge is 0.300 e. The number of hydrogen-bond donors (Lipinski definition) is 0. The molecule has 15 heavy (non-hydrogen) atoms. The van der Waals surface area contributed by atoms with Crippen LogP contribution in [-0.4, -0.2) is 5.78 Å². The van der Waals surface area contributed by atoms with Gasteiger partial charge in [0.1, 0.15) is 5.78 Å². The Morgan fingerprint density at radius 1 is 1.00 bits per heavy atom. The van der Waals surface area contributed by atoms with Crippen molar-refractivity contribution in [1.82, 2.24) is 0 Å². The number of rotatable bonds is 10. The first-order chi connectivity index (χ1) is 7.20. The number of unbranched alkanes of at least 4 members (excludes halogenated alkanes) is 5. The number of carbonyl (C=O) groups is 1. The fraction of sp³-hybridized carbons (Fsp3) is 0.929. The van der Waals surface area contributed by atoms with Gasteiger partial charge in [0.2, 0.25) is 0 Å². The summed E-state index contributed by atoms with van der Waals surface area (Å²) in [5.74, 6) is 1.00. The molecule has 0 N–H and O–H groups in total. The molecule has 1 unspecified atom stereocenters. The molecule has 0 aliphatic carbocycles. The van der Waals surface area contributed by atoms with Crippen molar-refractivity contribution in [2.24, 2.45) is 5.92 Å². The van der Waals surface area contributed by atoms with Gasteiger partial charge in [-0.3, -0.25) is 0 Å². The maximum atomic E-state index is 11.0. The highest BCUT2D eigenvalue weighted by molar-refractivity contribution is 5.75. The van der Waals surface area contributed by atoms with Crippen molar-refractivity contribution >= 4 is 5.78 Å². The monoisotopic (exact) mass is 212 g/mol. The topological polar surface area (TPSA) is 17.1 Å². The summed E-state index contributed by atoms with van der Waals surface area (Å²) >= 11 is 0. The highest BCUT2D eigenvalue weighted by Crippen LogP contribution is 2.18. The lowest BCUT2D eigenvalue weighted by molar-refractivity contribution is -0.117. The number of ketones is 1. The number of carbonyl (C=O) groups excluding carboxylic acids is 1. The summed E-state index contributed by atoms with van der Waals surface area (Å²) in [6, 6.07) is 0. The molecule has 0 radical (unpaired) electrons. The Kier molecular flexibility index (Phi) is 9.97. The molecule has 0 bridgehead atoms. The fourth-order valence-corrected chi connectivity index (χ4v) is 2.07. The average molecular weight is 212 g/mol. The van der Waals surface area contributed by atoms with Crippen molar-refractivity contribution in [2.75, 3.05) is 0 Å². The van der Waals surface area contributed by atoms with Crippen LogP contribution in [0.25, 0.3) is 0 Å². The van der Waals surface area contributed by atoms with Crippen molar-refractivity contribution in [3.63, 3.8) is 0 Å². The highest BCUT2D eigenvalue weighted by Gasteiger charge is 2.08. The van der Waals surface area contributed by atoms with Crippen LogP contribution in [0.2, 0.25) is 0 Å². The molecule has 1 nitrogen and oxygen atoms in total. The zero-order valence-electron chi connectivity index (χ0n) is 10.8. The maximum absolute atomic E-state index is 11.0. The maximum Gasteiger partial charge on any atom is 0.130 e. The molecular weight excluding hydrogens is 184 g/mol. The van der Waals surface area contributed by atoms with Crippen LogP contribution in [-0.2, 0) is 4.79 Å². The van der Waals surface area contributed by atoms with Gasteiger partial charge in [-0.1, -0.05) is 65.2 Å². The minimum absolute atomic E-state index is 0.354. The second-order valence-electron chi connectivity index (χ2n) is 4.74. The quantitative estimate of drug-likeness (QED) is 0.478. The summed E-state index contributed by atoms with van der Waals surface area (Å²) in [7, 11) is 0. The number of Topliss-reactive ketones (excluding diaryl/α,β-unsaturated/α-hetero) is 1. The third kappa shape index (κ3) is 9.96. The van der Waals surface area contributed by atoms with Crippen molar-refractivity contribution in [2.45, 2.75) is 78.6 Å². The lowest BCUT2D eigenvalue weighted by Gasteiger charge is -2.12. The zero-order valence-corrected chi connectivity index (χ0v) is 10.8. The molecular formula is C14H28O. The first-order valence-corrected chi connectivity index (χ1v) is 6.70. The molecule has 0 aromatic heterocycles. The lowest BCUT2D eigenvalue weighted by atomic mass is 9.93. The molecule has 0 amide bonds. The third-order valence-corrected chi connectivity index (χ3v) is 3.12. The summed E-state index contributed by atoms with van der Waals surface area (Å²) in [5.41, 5.74) is 0. The second-order valence-corrected chi connectivity index (χ2v) is 4.74. The Labute approximate surface area is 95.6 Å². The van der Waals surface area contributed by atoms with Crippen molar-refractivity contribution < 1.29 is 4.79 Å². The van der Waals surface area contributed by atoms with Crippen LogP contribution < -0.4 is 0 Å². The summed E-state index contributed by atoms with van der Waals surface area (Å²) < 4.78 is 0. The van der Waals surface area contributed by atoms with Gasteiger partial charge >= 0.3 is 0 Å². The molecule has 90 valence electrons. The standard InChI is InChI=1S/C14H28O/c1-4-6-7-8-9-10-11-14(5-2)12-13(3)15/h14H,4-12H2,1-3H3. The Morgan fingerprint density at radius 3 is 2.13 bits per heavy atom. The average Bonchev–Trinajstić information content (AvgIpc) is 2.20. The van der Waals surface area contributed by atoms with E-state index in [1.807, 2.05) is 0 Å². The Morgan fingerprint density at radius 2 is 1.60 bits per heavy atom. The van der Waals surface area contributed by atoms with E-state index in [2.05, 4.69) is 13.8 Å². The Balaban J connectivity index is 3.34. The smallest absolute Gasteiger partial charge is 0.130 e. The van der Waals surface area contributed by atoms with E-state index in [1.165, 1.54) is 44.9 Å². The molecule has 0 saturated heterocycles. The van der Waals surface area contributed by atoms with Gasteiger partial charge in [-0.25, -0.2) is 0 Å². The SMILES string of the molecule is CCCCCCCCC(CC)CC(C)=O. The van der Waals surface area contributed by atoms with Crippen molar-refractivity contribution in [1.29, 1.82) is 0 Å². The molecule has 0 aliphatic heterocycles. The second kappa shape index (κ2) is 10.2. The number of hydrogen-bond acceptors (Lipinski definition) is 1. The fourth-order valence-electron chi connectivity index (χ4n) is 2.07. The van der Waals surface area contributed by atoms with E-state index in [9.17, 15) is 4.79 Å². The van der Waals surface area contributed by atoms with Gasteiger partial charge in [0, 0.05) is 6.42 Å². The Bertz CT molecular complexity index is 151.